The molecule has 6 nitrogen and oxygen atoms in total. The number of hydrogen-bond acceptors (Lipinski definition) is 4. The highest BCUT2D eigenvalue weighted by atomic mass is 16.2. The number of amides is 1. The van der Waals surface area contributed by atoms with E-state index in [1.54, 1.807) is 11.9 Å². The van der Waals surface area contributed by atoms with E-state index in [1.165, 1.54) is 11.0 Å². The quantitative estimate of drug-likeness (QED) is 0.697. The van der Waals surface area contributed by atoms with Gasteiger partial charge in [-0.2, -0.15) is 0 Å². The molecule has 1 aromatic heterocycles. The van der Waals surface area contributed by atoms with Crippen molar-refractivity contribution in [1.82, 2.24) is 25.1 Å². The molecular weight excluding hydrogens is 302 g/mol. The van der Waals surface area contributed by atoms with E-state index in [1.807, 2.05) is 60.7 Å². The normalized spacial score (nSPS) is 11.9. The molecule has 0 aliphatic heterocycles. The van der Waals surface area contributed by atoms with Gasteiger partial charge in [0.1, 0.15) is 12.4 Å². The number of aromatic nitrogens is 4. The van der Waals surface area contributed by atoms with Crippen LogP contribution in [0.2, 0.25) is 0 Å². The number of carbonyl (C=O) groups excluding carboxylic acids is 1. The summed E-state index contributed by atoms with van der Waals surface area (Å²) in [7, 11) is 1.80. The number of carbonyl (C=O) groups is 1. The van der Waals surface area contributed by atoms with Gasteiger partial charge in [-0.25, -0.2) is 4.68 Å². The Morgan fingerprint density at radius 2 is 1.67 bits per heavy atom. The molecular formula is C18H19N5O. The van der Waals surface area contributed by atoms with Crippen LogP contribution in [0, 0.1) is 0 Å². The molecule has 0 bridgehead atoms. The van der Waals surface area contributed by atoms with Crippen molar-refractivity contribution in [2.24, 2.45) is 0 Å². The first-order valence-electron chi connectivity index (χ1n) is 7.79. The molecule has 0 fully saturated rings. The minimum absolute atomic E-state index is 0.0185. The van der Waals surface area contributed by atoms with Crippen molar-refractivity contribution in [3.8, 4) is 0 Å². The highest BCUT2D eigenvalue weighted by Crippen LogP contribution is 2.17. The summed E-state index contributed by atoms with van der Waals surface area (Å²) in [4.78, 5) is 14.7. The van der Waals surface area contributed by atoms with E-state index in [9.17, 15) is 4.79 Å². The van der Waals surface area contributed by atoms with E-state index in [4.69, 9.17) is 0 Å². The van der Waals surface area contributed by atoms with Crippen molar-refractivity contribution in [1.29, 1.82) is 0 Å². The number of hydrogen-bond donors (Lipinski definition) is 0. The minimum Gasteiger partial charge on any atom is -0.340 e. The lowest BCUT2D eigenvalue weighted by molar-refractivity contribution is -0.134. The monoisotopic (exact) mass is 321 g/mol. The van der Waals surface area contributed by atoms with Crippen LogP contribution < -0.4 is 0 Å². The van der Waals surface area contributed by atoms with Crippen molar-refractivity contribution in [3.05, 3.63) is 78.1 Å². The fraction of sp³-hybridized carbons (Fsp3) is 0.222. The molecule has 0 radical (unpaired) electrons. The standard InChI is InChI=1S/C18H19N5O/c1-22(13-16-10-6-3-7-11-16)18(24)17(23-14-19-20-21-23)12-15-8-4-2-5-9-15/h2-11,14,17H,12-13H2,1H3/t17-/m0/s1. The third-order valence-electron chi connectivity index (χ3n) is 3.88. The van der Waals surface area contributed by atoms with Crippen LogP contribution in [0.3, 0.4) is 0 Å². The highest BCUT2D eigenvalue weighted by Gasteiger charge is 2.25. The zero-order valence-electron chi connectivity index (χ0n) is 13.5. The van der Waals surface area contributed by atoms with Crippen LogP contribution in [0.15, 0.2) is 67.0 Å². The molecule has 122 valence electrons. The maximum absolute atomic E-state index is 13.0. The summed E-state index contributed by atoms with van der Waals surface area (Å²) < 4.78 is 1.52. The van der Waals surface area contributed by atoms with Crippen LogP contribution in [0.4, 0.5) is 0 Å². The Hall–Kier alpha value is -3.02. The summed E-state index contributed by atoms with van der Waals surface area (Å²) in [6, 6.07) is 19.3. The summed E-state index contributed by atoms with van der Waals surface area (Å²) in [6.07, 6.45) is 2.03. The Morgan fingerprint density at radius 3 is 2.25 bits per heavy atom. The number of likely N-dealkylation sites (N-methyl/N-ethyl adjacent to an activating group) is 1. The Balaban J connectivity index is 1.78. The lowest BCUT2D eigenvalue weighted by atomic mass is 10.0. The third kappa shape index (κ3) is 3.84. The van der Waals surface area contributed by atoms with Gasteiger partial charge in [-0.1, -0.05) is 60.7 Å². The number of benzene rings is 2. The molecule has 1 heterocycles. The van der Waals surface area contributed by atoms with Crippen molar-refractivity contribution in [2.75, 3.05) is 7.05 Å². The van der Waals surface area contributed by atoms with E-state index >= 15 is 0 Å². The van der Waals surface area contributed by atoms with Gasteiger partial charge in [0.25, 0.3) is 0 Å². The predicted octanol–water partition coefficient (Wildman–Crippen LogP) is 2.12. The molecule has 0 spiro atoms. The van der Waals surface area contributed by atoms with Gasteiger partial charge in [-0.15, -0.1) is 5.10 Å². The van der Waals surface area contributed by atoms with Crippen LogP contribution in [0.1, 0.15) is 17.2 Å². The molecule has 0 N–H and O–H groups in total. The van der Waals surface area contributed by atoms with E-state index in [2.05, 4.69) is 15.5 Å². The molecule has 3 aromatic rings. The SMILES string of the molecule is CN(Cc1ccccc1)C(=O)[C@H](Cc1ccccc1)n1cnnn1. The Bertz CT molecular complexity index is 759. The second-order valence-corrected chi connectivity index (χ2v) is 5.68. The molecule has 0 aliphatic carbocycles. The molecule has 0 unspecified atom stereocenters. The Kier molecular flexibility index (Phi) is 4.96. The molecule has 24 heavy (non-hydrogen) atoms. The van der Waals surface area contributed by atoms with Crippen molar-refractivity contribution < 1.29 is 4.79 Å². The first kappa shape index (κ1) is 15.9. The van der Waals surface area contributed by atoms with Crippen LogP contribution in [0.5, 0.6) is 0 Å². The topological polar surface area (TPSA) is 63.9 Å². The number of tetrazole rings is 1. The van der Waals surface area contributed by atoms with Gasteiger partial charge in [-0.3, -0.25) is 4.79 Å². The second kappa shape index (κ2) is 7.50. The van der Waals surface area contributed by atoms with E-state index in [-0.39, 0.29) is 5.91 Å². The van der Waals surface area contributed by atoms with E-state index in [0.717, 1.165) is 11.1 Å². The minimum atomic E-state index is -0.462. The van der Waals surface area contributed by atoms with Gasteiger partial charge in [0.2, 0.25) is 5.91 Å². The number of nitrogens with zero attached hydrogens (tertiary/aromatic N) is 5. The van der Waals surface area contributed by atoms with Crippen LogP contribution >= 0.6 is 0 Å². The summed E-state index contributed by atoms with van der Waals surface area (Å²) in [5.74, 6) is -0.0185. The first-order chi connectivity index (χ1) is 11.7. The Labute approximate surface area is 140 Å². The fourth-order valence-corrected chi connectivity index (χ4v) is 2.63. The summed E-state index contributed by atoms with van der Waals surface area (Å²) in [5.41, 5.74) is 2.16. The lowest BCUT2D eigenvalue weighted by Gasteiger charge is -2.23. The van der Waals surface area contributed by atoms with Crippen molar-refractivity contribution in [2.45, 2.75) is 19.0 Å². The van der Waals surface area contributed by atoms with Crippen molar-refractivity contribution in [3.63, 3.8) is 0 Å². The summed E-state index contributed by atoms with van der Waals surface area (Å²) >= 11 is 0. The zero-order valence-corrected chi connectivity index (χ0v) is 13.5. The van der Waals surface area contributed by atoms with Crippen LogP contribution in [-0.2, 0) is 17.8 Å². The largest absolute Gasteiger partial charge is 0.340 e. The average Bonchev–Trinajstić information content (AvgIpc) is 3.15. The summed E-state index contributed by atoms with van der Waals surface area (Å²) in [6.45, 7) is 0.549. The fourth-order valence-electron chi connectivity index (χ4n) is 2.63. The van der Waals surface area contributed by atoms with Gasteiger partial charge < -0.3 is 4.90 Å². The maximum Gasteiger partial charge on any atom is 0.247 e. The Morgan fingerprint density at radius 1 is 1.04 bits per heavy atom. The second-order valence-electron chi connectivity index (χ2n) is 5.68. The maximum atomic E-state index is 13.0. The molecule has 6 heteroatoms. The van der Waals surface area contributed by atoms with E-state index in [0.29, 0.717) is 13.0 Å². The molecule has 1 amide bonds. The van der Waals surface area contributed by atoms with Crippen LogP contribution in [-0.4, -0.2) is 38.1 Å². The molecule has 0 aliphatic rings. The van der Waals surface area contributed by atoms with E-state index < -0.39 is 6.04 Å². The van der Waals surface area contributed by atoms with Gasteiger partial charge >= 0.3 is 0 Å². The molecule has 2 aromatic carbocycles. The van der Waals surface area contributed by atoms with Gasteiger partial charge in [0.15, 0.2) is 0 Å². The smallest absolute Gasteiger partial charge is 0.247 e. The van der Waals surface area contributed by atoms with Crippen molar-refractivity contribution >= 4 is 5.91 Å². The third-order valence-corrected chi connectivity index (χ3v) is 3.88. The van der Waals surface area contributed by atoms with Crippen LogP contribution in [0.25, 0.3) is 0 Å². The first-order valence-corrected chi connectivity index (χ1v) is 7.79. The zero-order chi connectivity index (χ0) is 16.8. The summed E-state index contributed by atoms with van der Waals surface area (Å²) in [5, 5.41) is 11.3. The average molecular weight is 321 g/mol. The predicted molar refractivity (Wildman–Crippen MR) is 89.9 cm³/mol. The molecule has 1 atom stereocenters. The highest BCUT2D eigenvalue weighted by molar-refractivity contribution is 5.80. The number of rotatable bonds is 6. The van der Waals surface area contributed by atoms with Gasteiger partial charge in [0, 0.05) is 20.0 Å². The molecule has 3 rings (SSSR count). The molecule has 0 saturated heterocycles. The molecule has 0 saturated carbocycles. The lowest BCUT2D eigenvalue weighted by Crippen LogP contribution is -2.35. The van der Waals surface area contributed by atoms with Gasteiger partial charge in [-0.05, 0) is 21.6 Å². The van der Waals surface area contributed by atoms with Gasteiger partial charge in [0.05, 0.1) is 0 Å².